The molecule has 0 aromatic heterocycles. The second kappa shape index (κ2) is 4.20. The molecule has 2 unspecified atom stereocenters. The van der Waals surface area contributed by atoms with Gasteiger partial charge in [-0.05, 0) is 19.3 Å². The van der Waals surface area contributed by atoms with Gasteiger partial charge in [0.1, 0.15) is 0 Å². The molecule has 98 valence electrons. The van der Waals surface area contributed by atoms with Gasteiger partial charge in [-0.2, -0.15) is 0 Å². The summed E-state index contributed by atoms with van der Waals surface area (Å²) in [5.41, 5.74) is 3.56. The molecule has 0 bridgehead atoms. The van der Waals surface area contributed by atoms with Crippen LogP contribution in [0, 0.1) is 0 Å². The molecule has 19 heavy (non-hydrogen) atoms. The molecule has 3 fully saturated rings. The summed E-state index contributed by atoms with van der Waals surface area (Å²) in [6.45, 7) is 0.669. The third kappa shape index (κ3) is 1.65. The maximum Gasteiger partial charge on any atom is 0.252 e. The summed E-state index contributed by atoms with van der Waals surface area (Å²) in [6, 6.07) is 10.3. The lowest BCUT2D eigenvalue weighted by molar-refractivity contribution is -0.131. The van der Waals surface area contributed by atoms with Crippen LogP contribution in [0.4, 0.5) is 0 Å². The highest BCUT2D eigenvalue weighted by Crippen LogP contribution is 2.43. The highest BCUT2D eigenvalue weighted by molar-refractivity contribution is 5.97. The Balaban J connectivity index is 1.66. The van der Waals surface area contributed by atoms with Crippen LogP contribution in [-0.2, 0) is 9.53 Å². The summed E-state index contributed by atoms with van der Waals surface area (Å²) in [4.78, 5) is 14.5. The molecule has 2 atom stereocenters. The maximum absolute atomic E-state index is 12.6. The summed E-state index contributed by atoms with van der Waals surface area (Å²) in [5.74, 6) is 0.214. The summed E-state index contributed by atoms with van der Waals surface area (Å²) >= 11 is 0. The average molecular weight is 255 g/mol. The van der Waals surface area contributed by atoms with Gasteiger partial charge in [0.05, 0.1) is 12.6 Å². The minimum Gasteiger partial charge on any atom is -0.352 e. The van der Waals surface area contributed by atoms with Gasteiger partial charge < -0.3 is 9.64 Å². The normalized spacial score (nSPS) is 29.7. The summed E-state index contributed by atoms with van der Waals surface area (Å²) in [6.07, 6.45) is 4.20. The Kier molecular flexibility index (Phi) is 2.49. The van der Waals surface area contributed by atoms with Crippen LogP contribution in [0.25, 0.3) is 0 Å². The van der Waals surface area contributed by atoms with Crippen LogP contribution in [0.2, 0.25) is 0 Å². The van der Waals surface area contributed by atoms with E-state index >= 15 is 0 Å². The number of allylic oxidation sites excluding steroid dienone is 1. The molecule has 1 saturated carbocycles. The summed E-state index contributed by atoms with van der Waals surface area (Å²) in [7, 11) is 0. The van der Waals surface area contributed by atoms with E-state index in [1.165, 1.54) is 12.0 Å². The highest BCUT2D eigenvalue weighted by Gasteiger charge is 2.46. The first-order chi connectivity index (χ1) is 9.34. The van der Waals surface area contributed by atoms with Crippen molar-refractivity contribution in [2.24, 2.45) is 0 Å². The molecule has 2 saturated heterocycles. The molecule has 0 radical (unpaired) electrons. The first-order valence-corrected chi connectivity index (χ1v) is 7.05. The van der Waals surface area contributed by atoms with Crippen LogP contribution >= 0.6 is 0 Å². The van der Waals surface area contributed by atoms with E-state index in [0.29, 0.717) is 6.61 Å². The van der Waals surface area contributed by atoms with Gasteiger partial charge in [0, 0.05) is 17.6 Å². The van der Waals surface area contributed by atoms with Crippen molar-refractivity contribution >= 4 is 5.91 Å². The van der Waals surface area contributed by atoms with Crippen molar-refractivity contribution in [1.29, 1.82) is 0 Å². The lowest BCUT2D eigenvalue weighted by Gasteiger charge is -2.23. The fourth-order valence-corrected chi connectivity index (χ4v) is 3.29. The number of hydrogen-bond acceptors (Lipinski definition) is 2. The van der Waals surface area contributed by atoms with Crippen LogP contribution in [0.15, 0.2) is 41.5 Å². The number of fused-ring (bicyclic) bond motifs is 1. The largest absolute Gasteiger partial charge is 0.352 e. The number of rotatable bonds is 1. The van der Waals surface area contributed by atoms with Crippen molar-refractivity contribution in [2.75, 3.05) is 6.61 Å². The molecule has 0 N–H and O–H groups in total. The molecule has 1 aliphatic carbocycles. The minimum absolute atomic E-state index is 0.183. The first kappa shape index (κ1) is 11.2. The monoisotopic (exact) mass is 255 g/mol. The van der Waals surface area contributed by atoms with Gasteiger partial charge in [0.15, 0.2) is 6.23 Å². The SMILES string of the molecule is O=C1C(=C2CCC2)CC2COC(c3ccccc3)N12. The Hall–Kier alpha value is -1.61. The third-order valence-corrected chi connectivity index (χ3v) is 4.49. The molecule has 1 aromatic carbocycles. The molecule has 1 aromatic rings. The first-order valence-electron chi connectivity index (χ1n) is 7.05. The van der Waals surface area contributed by atoms with Crippen molar-refractivity contribution in [3.63, 3.8) is 0 Å². The van der Waals surface area contributed by atoms with Gasteiger partial charge in [0.2, 0.25) is 0 Å². The number of nitrogens with zero attached hydrogens (tertiary/aromatic N) is 1. The lowest BCUT2D eigenvalue weighted by atomic mass is 9.87. The molecule has 2 aliphatic heterocycles. The van der Waals surface area contributed by atoms with Crippen LogP contribution in [0.5, 0.6) is 0 Å². The standard InChI is InChI=1S/C16H17NO2/c18-15-14(11-7-4-8-11)9-13-10-19-16(17(13)15)12-5-2-1-3-6-12/h1-3,5-6,13,16H,4,7-10H2. The van der Waals surface area contributed by atoms with E-state index in [1.54, 1.807) is 0 Å². The summed E-state index contributed by atoms with van der Waals surface area (Å²) in [5, 5.41) is 0. The Morgan fingerprint density at radius 3 is 2.63 bits per heavy atom. The van der Waals surface area contributed by atoms with Gasteiger partial charge in [-0.25, -0.2) is 0 Å². The molecule has 3 aliphatic rings. The maximum atomic E-state index is 12.6. The van der Waals surface area contributed by atoms with E-state index in [2.05, 4.69) is 0 Å². The summed E-state index contributed by atoms with van der Waals surface area (Å²) < 4.78 is 5.84. The minimum atomic E-state index is -0.183. The second-order valence-corrected chi connectivity index (χ2v) is 5.60. The van der Waals surface area contributed by atoms with Gasteiger partial charge in [-0.15, -0.1) is 0 Å². The molecule has 3 heteroatoms. The van der Waals surface area contributed by atoms with E-state index in [4.69, 9.17) is 4.74 Å². The van der Waals surface area contributed by atoms with Gasteiger partial charge in [-0.1, -0.05) is 35.9 Å². The fraction of sp³-hybridized carbons (Fsp3) is 0.438. The number of ether oxygens (including phenoxy) is 1. The molecule has 1 amide bonds. The van der Waals surface area contributed by atoms with Gasteiger partial charge in [-0.3, -0.25) is 4.79 Å². The zero-order valence-electron chi connectivity index (χ0n) is 10.8. The van der Waals surface area contributed by atoms with Crippen LogP contribution in [-0.4, -0.2) is 23.5 Å². The zero-order chi connectivity index (χ0) is 12.8. The predicted molar refractivity (Wildman–Crippen MR) is 71.3 cm³/mol. The van der Waals surface area contributed by atoms with Gasteiger partial charge >= 0.3 is 0 Å². The van der Waals surface area contributed by atoms with Crippen molar-refractivity contribution in [3.8, 4) is 0 Å². The Morgan fingerprint density at radius 1 is 1.16 bits per heavy atom. The van der Waals surface area contributed by atoms with E-state index in [-0.39, 0.29) is 18.2 Å². The fourth-order valence-electron chi connectivity index (χ4n) is 3.29. The molecular formula is C16H17NO2. The topological polar surface area (TPSA) is 29.5 Å². The molecule has 4 rings (SSSR count). The molecule has 0 spiro atoms. The average Bonchev–Trinajstić information content (AvgIpc) is 2.91. The van der Waals surface area contributed by atoms with E-state index in [1.807, 2.05) is 35.2 Å². The Labute approximate surface area is 112 Å². The number of carbonyl (C=O) groups excluding carboxylic acids is 1. The van der Waals surface area contributed by atoms with E-state index in [9.17, 15) is 4.79 Å². The number of benzene rings is 1. The van der Waals surface area contributed by atoms with Crippen LogP contribution in [0.3, 0.4) is 0 Å². The molecule has 3 nitrogen and oxygen atoms in total. The van der Waals surface area contributed by atoms with Crippen molar-refractivity contribution in [3.05, 3.63) is 47.0 Å². The van der Waals surface area contributed by atoms with Crippen molar-refractivity contribution in [1.82, 2.24) is 4.90 Å². The number of carbonyl (C=O) groups is 1. The van der Waals surface area contributed by atoms with Gasteiger partial charge in [0.25, 0.3) is 5.91 Å². The van der Waals surface area contributed by atoms with E-state index in [0.717, 1.165) is 30.4 Å². The lowest BCUT2D eigenvalue weighted by Crippen LogP contribution is -2.31. The van der Waals surface area contributed by atoms with Crippen LogP contribution in [0.1, 0.15) is 37.5 Å². The number of amides is 1. The van der Waals surface area contributed by atoms with Crippen LogP contribution < -0.4 is 0 Å². The third-order valence-electron chi connectivity index (χ3n) is 4.49. The quantitative estimate of drug-likeness (QED) is 0.722. The van der Waals surface area contributed by atoms with Crippen molar-refractivity contribution < 1.29 is 9.53 Å². The Bertz CT molecular complexity index is 543. The predicted octanol–water partition coefficient (Wildman–Crippen LogP) is 2.80. The number of hydrogen-bond donors (Lipinski definition) is 0. The van der Waals surface area contributed by atoms with E-state index < -0.39 is 0 Å². The second-order valence-electron chi connectivity index (χ2n) is 5.60. The Morgan fingerprint density at radius 2 is 1.95 bits per heavy atom. The zero-order valence-corrected chi connectivity index (χ0v) is 10.8. The molecule has 2 heterocycles. The molecular weight excluding hydrogens is 238 g/mol. The van der Waals surface area contributed by atoms with Crippen molar-refractivity contribution in [2.45, 2.75) is 38.0 Å². The smallest absolute Gasteiger partial charge is 0.252 e. The highest BCUT2D eigenvalue weighted by atomic mass is 16.5.